The second-order valence-electron chi connectivity index (χ2n) is 2.73. The van der Waals surface area contributed by atoms with Crippen molar-refractivity contribution >= 4 is 0 Å². The van der Waals surface area contributed by atoms with Crippen molar-refractivity contribution in [3.8, 4) is 6.07 Å². The van der Waals surface area contributed by atoms with Gasteiger partial charge in [-0.2, -0.15) is 5.26 Å². The first-order valence-corrected chi connectivity index (χ1v) is 3.87. The summed E-state index contributed by atoms with van der Waals surface area (Å²) in [6.07, 6.45) is 1.23. The van der Waals surface area contributed by atoms with Crippen LogP contribution < -0.4 is 5.73 Å². The van der Waals surface area contributed by atoms with E-state index in [1.54, 1.807) is 6.07 Å². The highest BCUT2D eigenvalue weighted by atomic mass is 19.1. The molecule has 1 rings (SSSR count). The maximum Gasteiger partial charge on any atom is 0.132 e. The fraction of sp³-hybridized carbons (Fsp3) is 0.100. The number of hydrogen-bond acceptors (Lipinski definition) is 2. The van der Waals surface area contributed by atoms with Gasteiger partial charge in [-0.1, -0.05) is 6.08 Å². The molecule has 2 nitrogen and oxygen atoms in total. The summed E-state index contributed by atoms with van der Waals surface area (Å²) in [5.41, 5.74) is 5.07. The number of benzene rings is 1. The van der Waals surface area contributed by atoms with Crippen LogP contribution in [0.15, 0.2) is 24.8 Å². The van der Waals surface area contributed by atoms with Crippen LogP contribution in [0.5, 0.6) is 0 Å². The lowest BCUT2D eigenvalue weighted by molar-refractivity contribution is 0.545. The monoisotopic (exact) mass is 194 g/mol. The minimum absolute atomic E-state index is 0.0694. The van der Waals surface area contributed by atoms with E-state index in [4.69, 9.17) is 11.0 Å². The molecule has 1 aromatic carbocycles. The molecular weight excluding hydrogens is 186 g/mol. The van der Waals surface area contributed by atoms with E-state index in [1.807, 2.05) is 0 Å². The Kier molecular flexibility index (Phi) is 2.95. The van der Waals surface area contributed by atoms with Gasteiger partial charge in [-0.3, -0.25) is 0 Å². The zero-order valence-corrected chi connectivity index (χ0v) is 7.30. The van der Waals surface area contributed by atoms with E-state index in [9.17, 15) is 8.78 Å². The van der Waals surface area contributed by atoms with Gasteiger partial charge in [0.1, 0.15) is 11.6 Å². The molecule has 4 heteroatoms. The van der Waals surface area contributed by atoms with E-state index < -0.39 is 17.7 Å². The molecule has 0 aromatic heterocycles. The largest absolute Gasteiger partial charge is 0.321 e. The second kappa shape index (κ2) is 3.99. The maximum absolute atomic E-state index is 13.2. The van der Waals surface area contributed by atoms with Crippen molar-refractivity contribution < 1.29 is 8.78 Å². The number of nitrogens with two attached hydrogens (primary N) is 1. The summed E-state index contributed by atoms with van der Waals surface area (Å²) in [5.74, 6) is -1.65. The predicted molar refractivity (Wildman–Crippen MR) is 48.2 cm³/mol. The lowest BCUT2D eigenvalue weighted by Crippen LogP contribution is -2.11. The standard InChI is InChI=1S/C10H8F2N2/c1-2-9(14)10-7(11)3-6(5-13)4-8(10)12/h2-4,9H,1,14H2/t9-/m1/s1. The molecule has 0 aliphatic heterocycles. The molecule has 0 unspecified atom stereocenters. The van der Waals surface area contributed by atoms with E-state index in [0.717, 1.165) is 12.1 Å². The number of rotatable bonds is 2. The molecular formula is C10H8F2N2. The summed E-state index contributed by atoms with van der Waals surface area (Å²) in [5, 5.41) is 8.44. The quantitative estimate of drug-likeness (QED) is 0.732. The zero-order chi connectivity index (χ0) is 10.7. The molecule has 0 amide bonds. The lowest BCUT2D eigenvalue weighted by atomic mass is 10.0. The van der Waals surface area contributed by atoms with Crippen molar-refractivity contribution in [3.05, 3.63) is 47.5 Å². The molecule has 0 aliphatic rings. The SMILES string of the molecule is C=C[C@@H](N)c1c(F)cc(C#N)cc1F. The Hall–Kier alpha value is -1.73. The van der Waals surface area contributed by atoms with Crippen molar-refractivity contribution in [2.24, 2.45) is 5.73 Å². The van der Waals surface area contributed by atoms with E-state index >= 15 is 0 Å². The number of halogens is 2. The third-order valence-corrected chi connectivity index (χ3v) is 1.80. The average Bonchev–Trinajstić information content (AvgIpc) is 2.16. The van der Waals surface area contributed by atoms with Crippen LogP contribution in [0.2, 0.25) is 0 Å². The molecule has 72 valence electrons. The minimum atomic E-state index is -0.900. The van der Waals surface area contributed by atoms with Gasteiger partial charge in [-0.25, -0.2) is 8.78 Å². The summed E-state index contributed by atoms with van der Waals surface area (Å²) >= 11 is 0. The van der Waals surface area contributed by atoms with Gasteiger partial charge in [0.2, 0.25) is 0 Å². The highest BCUT2D eigenvalue weighted by Gasteiger charge is 2.15. The van der Waals surface area contributed by atoms with Gasteiger partial charge in [-0.05, 0) is 12.1 Å². The fourth-order valence-corrected chi connectivity index (χ4v) is 1.09. The van der Waals surface area contributed by atoms with Crippen LogP contribution in [0, 0.1) is 23.0 Å². The van der Waals surface area contributed by atoms with Crippen molar-refractivity contribution in [1.29, 1.82) is 5.26 Å². The number of nitriles is 1. The smallest absolute Gasteiger partial charge is 0.132 e. The molecule has 0 saturated carbocycles. The van der Waals surface area contributed by atoms with Gasteiger partial charge in [0.25, 0.3) is 0 Å². The van der Waals surface area contributed by atoms with Crippen LogP contribution >= 0.6 is 0 Å². The number of hydrogen-bond donors (Lipinski definition) is 1. The van der Waals surface area contributed by atoms with Gasteiger partial charge < -0.3 is 5.73 Å². The van der Waals surface area contributed by atoms with Crippen molar-refractivity contribution in [3.63, 3.8) is 0 Å². The molecule has 1 aromatic rings. The second-order valence-corrected chi connectivity index (χ2v) is 2.73. The average molecular weight is 194 g/mol. The van der Waals surface area contributed by atoms with Crippen LogP contribution in [0.4, 0.5) is 8.78 Å². The lowest BCUT2D eigenvalue weighted by Gasteiger charge is -2.09. The topological polar surface area (TPSA) is 49.8 Å². The Morgan fingerprint density at radius 1 is 1.43 bits per heavy atom. The molecule has 0 radical (unpaired) electrons. The third-order valence-electron chi connectivity index (χ3n) is 1.80. The highest BCUT2D eigenvalue weighted by molar-refractivity contribution is 5.36. The Morgan fingerprint density at radius 2 is 1.93 bits per heavy atom. The molecule has 0 heterocycles. The molecule has 0 spiro atoms. The Labute approximate surface area is 80.3 Å². The Morgan fingerprint density at radius 3 is 2.29 bits per heavy atom. The first kappa shape index (κ1) is 10.4. The van der Waals surface area contributed by atoms with Gasteiger partial charge in [0, 0.05) is 5.56 Å². The van der Waals surface area contributed by atoms with E-state index in [-0.39, 0.29) is 11.1 Å². The van der Waals surface area contributed by atoms with Crippen molar-refractivity contribution in [2.45, 2.75) is 6.04 Å². The van der Waals surface area contributed by atoms with Gasteiger partial charge in [0.15, 0.2) is 0 Å². The molecule has 2 N–H and O–H groups in total. The highest BCUT2D eigenvalue weighted by Crippen LogP contribution is 2.21. The molecule has 0 fully saturated rings. The summed E-state index contributed by atoms with van der Waals surface area (Å²) in [7, 11) is 0. The van der Waals surface area contributed by atoms with Crippen LogP contribution in [-0.4, -0.2) is 0 Å². The minimum Gasteiger partial charge on any atom is -0.321 e. The molecule has 0 aliphatic carbocycles. The third kappa shape index (κ3) is 1.78. The fourth-order valence-electron chi connectivity index (χ4n) is 1.09. The van der Waals surface area contributed by atoms with Crippen molar-refractivity contribution in [2.75, 3.05) is 0 Å². The Balaban J connectivity index is 3.33. The molecule has 0 bridgehead atoms. The van der Waals surface area contributed by atoms with Crippen LogP contribution in [-0.2, 0) is 0 Å². The summed E-state index contributed by atoms with van der Waals surface area (Å²) < 4.78 is 26.4. The Bertz CT molecular complexity index is 384. The van der Waals surface area contributed by atoms with Crippen molar-refractivity contribution in [1.82, 2.24) is 0 Å². The van der Waals surface area contributed by atoms with Crippen LogP contribution in [0.25, 0.3) is 0 Å². The van der Waals surface area contributed by atoms with E-state index in [0.29, 0.717) is 0 Å². The zero-order valence-electron chi connectivity index (χ0n) is 7.30. The summed E-state index contributed by atoms with van der Waals surface area (Å²) in [6.45, 7) is 3.34. The van der Waals surface area contributed by atoms with Gasteiger partial charge >= 0.3 is 0 Å². The number of nitrogens with zero attached hydrogens (tertiary/aromatic N) is 1. The first-order valence-electron chi connectivity index (χ1n) is 3.87. The van der Waals surface area contributed by atoms with Gasteiger partial charge in [-0.15, -0.1) is 6.58 Å². The molecule has 0 saturated heterocycles. The normalized spacial score (nSPS) is 11.9. The van der Waals surface area contributed by atoms with E-state index in [1.165, 1.54) is 6.08 Å². The van der Waals surface area contributed by atoms with Gasteiger partial charge in [0.05, 0.1) is 17.7 Å². The summed E-state index contributed by atoms with van der Waals surface area (Å²) in [6, 6.07) is 2.64. The molecule has 14 heavy (non-hydrogen) atoms. The predicted octanol–water partition coefficient (Wildman–Crippen LogP) is 2.02. The first-order chi connectivity index (χ1) is 6.60. The van der Waals surface area contributed by atoms with Crippen LogP contribution in [0.1, 0.15) is 17.2 Å². The van der Waals surface area contributed by atoms with Crippen LogP contribution in [0.3, 0.4) is 0 Å². The molecule has 1 atom stereocenters. The maximum atomic E-state index is 13.2. The van der Waals surface area contributed by atoms with E-state index in [2.05, 4.69) is 6.58 Å². The summed E-state index contributed by atoms with van der Waals surface area (Å²) in [4.78, 5) is 0.